The number of rotatable bonds is 5. The van der Waals surface area contributed by atoms with Crippen LogP contribution in [0, 0.1) is 5.82 Å². The van der Waals surface area contributed by atoms with E-state index in [9.17, 15) is 4.39 Å². The Balaban J connectivity index is 1.87. The van der Waals surface area contributed by atoms with Gasteiger partial charge in [0, 0.05) is 12.1 Å². The van der Waals surface area contributed by atoms with E-state index in [2.05, 4.69) is 20.8 Å². The molecule has 0 aliphatic rings. The van der Waals surface area contributed by atoms with Crippen molar-refractivity contribution in [2.75, 3.05) is 12.4 Å². The second-order valence-corrected chi connectivity index (χ2v) is 5.58. The number of aromatic nitrogens is 4. The van der Waals surface area contributed by atoms with E-state index in [0.29, 0.717) is 33.0 Å². The van der Waals surface area contributed by atoms with Crippen molar-refractivity contribution in [3.63, 3.8) is 0 Å². The smallest absolute Gasteiger partial charge is 0.248 e. The van der Waals surface area contributed by atoms with Crippen LogP contribution in [-0.2, 0) is 6.54 Å². The Morgan fingerprint density at radius 1 is 1.25 bits per heavy atom. The van der Waals surface area contributed by atoms with Crippen molar-refractivity contribution in [1.29, 1.82) is 0 Å². The Kier molecular flexibility index (Phi) is 4.82. The van der Waals surface area contributed by atoms with Crippen molar-refractivity contribution >= 4 is 29.2 Å². The zero-order valence-electron chi connectivity index (χ0n) is 12.5. The minimum atomic E-state index is -0.356. The van der Waals surface area contributed by atoms with Crippen LogP contribution < -0.4 is 10.1 Å². The molecule has 0 aliphatic carbocycles. The fourth-order valence-corrected chi connectivity index (χ4v) is 2.55. The molecule has 0 atom stereocenters. The van der Waals surface area contributed by atoms with E-state index < -0.39 is 0 Å². The largest absolute Gasteiger partial charge is 0.496 e. The SMILES string of the molecule is COc1ccc(F)cc1CNc1nnnn1-c1cccc(Cl)c1Cl. The Labute approximate surface area is 147 Å². The molecule has 9 heteroatoms. The third-order valence-corrected chi connectivity index (χ3v) is 4.12. The summed E-state index contributed by atoms with van der Waals surface area (Å²) in [5.41, 5.74) is 1.16. The van der Waals surface area contributed by atoms with Crippen molar-refractivity contribution in [1.82, 2.24) is 20.2 Å². The van der Waals surface area contributed by atoms with Gasteiger partial charge in [-0.25, -0.2) is 4.39 Å². The Morgan fingerprint density at radius 2 is 2.08 bits per heavy atom. The number of ether oxygens (including phenoxy) is 1. The molecule has 0 spiro atoms. The lowest BCUT2D eigenvalue weighted by molar-refractivity contribution is 0.409. The van der Waals surface area contributed by atoms with Gasteiger partial charge in [-0.1, -0.05) is 34.4 Å². The molecule has 0 amide bonds. The third-order valence-electron chi connectivity index (χ3n) is 3.31. The van der Waals surface area contributed by atoms with Gasteiger partial charge >= 0.3 is 0 Å². The molecule has 3 rings (SSSR count). The number of tetrazole rings is 1. The van der Waals surface area contributed by atoms with Gasteiger partial charge in [-0.2, -0.15) is 4.68 Å². The van der Waals surface area contributed by atoms with Crippen LogP contribution >= 0.6 is 23.2 Å². The second-order valence-electron chi connectivity index (χ2n) is 4.80. The molecule has 0 radical (unpaired) electrons. The van der Waals surface area contributed by atoms with E-state index in [1.54, 1.807) is 24.3 Å². The maximum absolute atomic E-state index is 13.4. The number of hydrogen-bond donors (Lipinski definition) is 1. The van der Waals surface area contributed by atoms with E-state index >= 15 is 0 Å². The first kappa shape index (κ1) is 16.5. The van der Waals surface area contributed by atoms with Crippen molar-refractivity contribution in [2.24, 2.45) is 0 Å². The van der Waals surface area contributed by atoms with Gasteiger partial charge in [0.25, 0.3) is 0 Å². The van der Waals surface area contributed by atoms with Gasteiger partial charge < -0.3 is 10.1 Å². The van der Waals surface area contributed by atoms with Crippen LogP contribution in [0.2, 0.25) is 10.0 Å². The van der Waals surface area contributed by atoms with Gasteiger partial charge in [-0.05, 0) is 40.8 Å². The monoisotopic (exact) mass is 367 g/mol. The van der Waals surface area contributed by atoms with E-state index in [1.165, 1.54) is 23.9 Å². The highest BCUT2D eigenvalue weighted by atomic mass is 35.5. The van der Waals surface area contributed by atoms with Crippen LogP contribution in [-0.4, -0.2) is 27.3 Å². The number of methoxy groups -OCH3 is 1. The van der Waals surface area contributed by atoms with Crippen molar-refractivity contribution in [3.8, 4) is 11.4 Å². The highest BCUT2D eigenvalue weighted by Gasteiger charge is 2.14. The first-order chi connectivity index (χ1) is 11.6. The summed E-state index contributed by atoms with van der Waals surface area (Å²) in [4.78, 5) is 0. The normalized spacial score (nSPS) is 10.7. The van der Waals surface area contributed by atoms with E-state index in [1.807, 2.05) is 0 Å². The van der Waals surface area contributed by atoms with Crippen molar-refractivity contribution in [3.05, 3.63) is 57.8 Å². The maximum Gasteiger partial charge on any atom is 0.248 e. The summed E-state index contributed by atoms with van der Waals surface area (Å²) in [6, 6.07) is 9.42. The molecule has 0 aliphatic heterocycles. The number of nitrogens with one attached hydrogen (secondary N) is 1. The first-order valence-electron chi connectivity index (χ1n) is 6.89. The van der Waals surface area contributed by atoms with E-state index in [-0.39, 0.29) is 12.4 Å². The number of hydrogen-bond acceptors (Lipinski definition) is 5. The molecule has 124 valence electrons. The fourth-order valence-electron chi connectivity index (χ4n) is 2.18. The summed E-state index contributed by atoms with van der Waals surface area (Å²) in [5, 5.41) is 15.2. The van der Waals surface area contributed by atoms with Crippen molar-refractivity contribution in [2.45, 2.75) is 6.54 Å². The van der Waals surface area contributed by atoms with Crippen molar-refractivity contribution < 1.29 is 9.13 Å². The van der Waals surface area contributed by atoms with Crippen LogP contribution in [0.25, 0.3) is 5.69 Å². The van der Waals surface area contributed by atoms with Gasteiger partial charge in [0.1, 0.15) is 11.6 Å². The summed E-state index contributed by atoms with van der Waals surface area (Å²) in [7, 11) is 1.52. The molecule has 1 aromatic heterocycles. The molecule has 24 heavy (non-hydrogen) atoms. The average molecular weight is 368 g/mol. The molecule has 2 aromatic carbocycles. The van der Waals surface area contributed by atoms with Gasteiger partial charge in [0.05, 0.1) is 22.8 Å². The minimum Gasteiger partial charge on any atom is -0.496 e. The fraction of sp³-hybridized carbons (Fsp3) is 0.133. The lowest BCUT2D eigenvalue weighted by atomic mass is 10.2. The quantitative estimate of drug-likeness (QED) is 0.744. The Hall–Kier alpha value is -2.38. The molecule has 0 saturated heterocycles. The van der Waals surface area contributed by atoms with Crippen LogP contribution in [0.4, 0.5) is 10.3 Å². The van der Waals surface area contributed by atoms with Gasteiger partial charge in [-0.15, -0.1) is 0 Å². The molecule has 1 heterocycles. The molecular formula is C15H12Cl2FN5O. The summed E-state index contributed by atoms with van der Waals surface area (Å²) >= 11 is 12.2. The minimum absolute atomic E-state index is 0.263. The Morgan fingerprint density at radius 3 is 2.88 bits per heavy atom. The molecule has 0 saturated carbocycles. The molecule has 6 nitrogen and oxygen atoms in total. The first-order valence-corrected chi connectivity index (χ1v) is 7.65. The maximum atomic E-state index is 13.4. The van der Waals surface area contributed by atoms with Gasteiger partial charge in [0.2, 0.25) is 5.95 Å². The molecule has 3 aromatic rings. The summed E-state index contributed by atoms with van der Waals surface area (Å²) in [5.74, 6) is 0.541. The highest BCUT2D eigenvalue weighted by Crippen LogP contribution is 2.29. The predicted molar refractivity (Wildman–Crippen MR) is 89.5 cm³/mol. The van der Waals surface area contributed by atoms with E-state index in [0.717, 1.165) is 0 Å². The number of halogens is 3. The van der Waals surface area contributed by atoms with Crippen LogP contribution in [0.3, 0.4) is 0 Å². The number of benzene rings is 2. The van der Waals surface area contributed by atoms with Crippen LogP contribution in [0.1, 0.15) is 5.56 Å². The molecule has 1 N–H and O–H groups in total. The zero-order valence-corrected chi connectivity index (χ0v) is 14.0. The van der Waals surface area contributed by atoms with Crippen LogP contribution in [0.15, 0.2) is 36.4 Å². The number of anilines is 1. The Bertz CT molecular complexity index is 871. The highest BCUT2D eigenvalue weighted by molar-refractivity contribution is 6.43. The molecule has 0 bridgehead atoms. The standard InChI is InChI=1S/C15H12Cl2FN5O/c1-24-13-6-5-10(18)7-9(13)8-19-15-20-21-22-23(15)12-4-2-3-11(16)14(12)17/h2-7H,8H2,1H3,(H,19,20,22). The lowest BCUT2D eigenvalue weighted by Crippen LogP contribution is -2.09. The van der Waals surface area contributed by atoms with Gasteiger partial charge in [0.15, 0.2) is 0 Å². The summed E-state index contributed by atoms with van der Waals surface area (Å²) < 4.78 is 20.1. The topological polar surface area (TPSA) is 64.9 Å². The summed E-state index contributed by atoms with van der Waals surface area (Å²) in [6.07, 6.45) is 0. The second kappa shape index (κ2) is 7.02. The van der Waals surface area contributed by atoms with E-state index in [4.69, 9.17) is 27.9 Å². The molecule has 0 unspecified atom stereocenters. The number of nitrogens with zero attached hydrogens (tertiary/aromatic N) is 4. The zero-order chi connectivity index (χ0) is 17.1. The average Bonchev–Trinajstić information content (AvgIpc) is 3.04. The lowest BCUT2D eigenvalue weighted by Gasteiger charge is -2.11. The molecular weight excluding hydrogens is 356 g/mol. The van der Waals surface area contributed by atoms with Gasteiger partial charge in [-0.3, -0.25) is 0 Å². The predicted octanol–water partition coefficient (Wildman–Crippen LogP) is 3.73. The molecule has 0 fully saturated rings. The van der Waals surface area contributed by atoms with Crippen LogP contribution in [0.5, 0.6) is 5.75 Å². The third kappa shape index (κ3) is 3.27. The summed E-state index contributed by atoms with van der Waals surface area (Å²) in [6.45, 7) is 0.263.